The van der Waals surface area contributed by atoms with Crippen LogP contribution in [0.2, 0.25) is 0 Å². The standard InChI is InChI=1S/C17H22FN5O3/c1-10(2)8-14(17(25)26)19-16(24)15(23-11(3)20-21-22-23)9-12-4-6-13(18)7-5-12/h4-7,10,14-15H,8-9H2,1-3H3,(H,19,24)(H,25,26)/t14-,15?/m1/s1. The first kappa shape index (κ1) is 19.5. The Balaban J connectivity index is 2.25. The number of aliphatic carboxylic acids is 1. The van der Waals surface area contributed by atoms with E-state index >= 15 is 0 Å². The van der Waals surface area contributed by atoms with Crippen LogP contribution in [0.4, 0.5) is 4.39 Å². The topological polar surface area (TPSA) is 110 Å². The number of carbonyl (C=O) groups is 2. The van der Waals surface area contributed by atoms with Gasteiger partial charge in [0.25, 0.3) is 0 Å². The average molecular weight is 363 g/mol. The van der Waals surface area contributed by atoms with Crippen molar-refractivity contribution in [2.45, 2.75) is 45.7 Å². The van der Waals surface area contributed by atoms with Crippen molar-refractivity contribution in [2.24, 2.45) is 5.92 Å². The SMILES string of the molecule is Cc1nnnn1C(Cc1ccc(F)cc1)C(=O)N[C@H](CC(C)C)C(=O)O. The number of rotatable bonds is 8. The van der Waals surface area contributed by atoms with Crippen molar-refractivity contribution in [1.82, 2.24) is 25.5 Å². The minimum Gasteiger partial charge on any atom is -0.480 e. The Bertz CT molecular complexity index is 760. The summed E-state index contributed by atoms with van der Waals surface area (Å²) in [6, 6.07) is 3.89. The number of nitrogens with zero attached hydrogens (tertiary/aromatic N) is 4. The Morgan fingerprint density at radius 2 is 1.92 bits per heavy atom. The van der Waals surface area contributed by atoms with Crippen LogP contribution in [-0.2, 0) is 16.0 Å². The van der Waals surface area contributed by atoms with Crippen LogP contribution in [0.15, 0.2) is 24.3 Å². The highest BCUT2D eigenvalue weighted by Gasteiger charge is 2.29. The van der Waals surface area contributed by atoms with E-state index in [9.17, 15) is 19.1 Å². The summed E-state index contributed by atoms with van der Waals surface area (Å²) >= 11 is 0. The van der Waals surface area contributed by atoms with Gasteiger partial charge in [0, 0.05) is 6.42 Å². The molecule has 0 saturated carbocycles. The molecule has 1 aromatic carbocycles. The smallest absolute Gasteiger partial charge is 0.326 e. The number of carbonyl (C=O) groups excluding carboxylic acids is 1. The first-order valence-electron chi connectivity index (χ1n) is 8.30. The van der Waals surface area contributed by atoms with Gasteiger partial charge < -0.3 is 10.4 Å². The van der Waals surface area contributed by atoms with Crippen LogP contribution in [0.25, 0.3) is 0 Å². The average Bonchev–Trinajstić information content (AvgIpc) is 2.98. The maximum absolute atomic E-state index is 13.1. The number of halogens is 1. The van der Waals surface area contributed by atoms with Crippen molar-refractivity contribution in [2.75, 3.05) is 0 Å². The molecule has 1 aromatic heterocycles. The third kappa shape index (κ3) is 5.08. The van der Waals surface area contributed by atoms with Crippen LogP contribution in [-0.4, -0.2) is 43.2 Å². The van der Waals surface area contributed by atoms with Crippen molar-refractivity contribution in [1.29, 1.82) is 0 Å². The molecule has 1 unspecified atom stereocenters. The number of nitrogens with one attached hydrogen (secondary N) is 1. The number of tetrazole rings is 1. The normalized spacial score (nSPS) is 13.4. The van der Waals surface area contributed by atoms with Crippen LogP contribution in [0.3, 0.4) is 0 Å². The lowest BCUT2D eigenvalue weighted by molar-refractivity contribution is -0.142. The van der Waals surface area contributed by atoms with Crippen molar-refractivity contribution >= 4 is 11.9 Å². The minimum atomic E-state index is -1.10. The van der Waals surface area contributed by atoms with E-state index in [2.05, 4.69) is 20.8 Å². The summed E-state index contributed by atoms with van der Waals surface area (Å²) in [5.41, 5.74) is 0.706. The molecule has 2 aromatic rings. The molecule has 140 valence electrons. The van der Waals surface area contributed by atoms with Gasteiger partial charge in [-0.05, 0) is 47.4 Å². The number of aromatic nitrogens is 4. The first-order valence-corrected chi connectivity index (χ1v) is 8.30. The number of carboxylic acid groups (broad SMARTS) is 1. The van der Waals surface area contributed by atoms with Gasteiger partial charge in [-0.1, -0.05) is 26.0 Å². The van der Waals surface area contributed by atoms with E-state index in [1.54, 1.807) is 19.1 Å². The van der Waals surface area contributed by atoms with Crippen molar-refractivity contribution in [3.63, 3.8) is 0 Å². The van der Waals surface area contributed by atoms with Gasteiger partial charge in [-0.15, -0.1) is 5.10 Å². The summed E-state index contributed by atoms with van der Waals surface area (Å²) in [6.07, 6.45) is 0.505. The number of carboxylic acids is 1. The van der Waals surface area contributed by atoms with Crippen molar-refractivity contribution < 1.29 is 19.1 Å². The fourth-order valence-corrected chi connectivity index (χ4v) is 2.62. The number of amides is 1. The molecule has 1 amide bonds. The van der Waals surface area contributed by atoms with Crippen LogP contribution in [0.5, 0.6) is 0 Å². The minimum absolute atomic E-state index is 0.0988. The largest absolute Gasteiger partial charge is 0.480 e. The molecular weight excluding hydrogens is 341 g/mol. The Hall–Kier alpha value is -2.84. The molecule has 0 bridgehead atoms. The summed E-state index contributed by atoms with van der Waals surface area (Å²) in [4.78, 5) is 24.2. The predicted octanol–water partition coefficient (Wildman–Crippen LogP) is 1.52. The van der Waals surface area contributed by atoms with E-state index < -0.39 is 24.0 Å². The molecule has 0 aliphatic rings. The Kier molecular flexibility index (Phi) is 6.37. The summed E-state index contributed by atoms with van der Waals surface area (Å²) in [6.45, 7) is 5.40. The third-order valence-corrected chi connectivity index (χ3v) is 3.92. The van der Waals surface area contributed by atoms with E-state index in [1.807, 2.05) is 13.8 Å². The zero-order chi connectivity index (χ0) is 19.3. The molecule has 2 atom stereocenters. The van der Waals surface area contributed by atoms with Crippen LogP contribution in [0, 0.1) is 18.7 Å². The van der Waals surface area contributed by atoms with E-state index in [0.717, 1.165) is 0 Å². The predicted molar refractivity (Wildman–Crippen MR) is 90.7 cm³/mol. The second-order valence-electron chi connectivity index (χ2n) is 6.55. The molecule has 0 aliphatic carbocycles. The van der Waals surface area contributed by atoms with Gasteiger partial charge in [0.2, 0.25) is 5.91 Å². The van der Waals surface area contributed by atoms with Crippen LogP contribution >= 0.6 is 0 Å². The zero-order valence-electron chi connectivity index (χ0n) is 14.9. The fraction of sp³-hybridized carbons (Fsp3) is 0.471. The van der Waals surface area contributed by atoms with Crippen molar-refractivity contribution in [3.8, 4) is 0 Å². The lowest BCUT2D eigenvalue weighted by atomic mass is 10.0. The quantitative estimate of drug-likeness (QED) is 0.736. The van der Waals surface area contributed by atoms with Crippen molar-refractivity contribution in [3.05, 3.63) is 41.5 Å². The van der Waals surface area contributed by atoms with Crippen LogP contribution < -0.4 is 5.32 Å². The summed E-state index contributed by atoms with van der Waals surface area (Å²) in [5.74, 6) is -1.46. The number of benzene rings is 1. The first-order chi connectivity index (χ1) is 12.3. The van der Waals surface area contributed by atoms with Gasteiger partial charge in [0.15, 0.2) is 0 Å². The molecule has 2 N–H and O–H groups in total. The molecule has 26 heavy (non-hydrogen) atoms. The molecule has 2 rings (SSSR count). The molecular formula is C17H22FN5O3. The lowest BCUT2D eigenvalue weighted by Crippen LogP contribution is -2.45. The lowest BCUT2D eigenvalue weighted by Gasteiger charge is -2.22. The number of hydrogen-bond donors (Lipinski definition) is 2. The second-order valence-corrected chi connectivity index (χ2v) is 6.55. The molecule has 0 radical (unpaired) electrons. The summed E-state index contributed by atoms with van der Waals surface area (Å²) in [5, 5.41) is 23.1. The maximum atomic E-state index is 13.1. The van der Waals surface area contributed by atoms with Gasteiger partial charge >= 0.3 is 5.97 Å². The molecule has 0 saturated heterocycles. The summed E-state index contributed by atoms with van der Waals surface area (Å²) in [7, 11) is 0. The Labute approximate surface area is 150 Å². The maximum Gasteiger partial charge on any atom is 0.326 e. The second kappa shape index (κ2) is 8.50. The van der Waals surface area contributed by atoms with Gasteiger partial charge in [0.1, 0.15) is 23.7 Å². The highest BCUT2D eigenvalue weighted by Crippen LogP contribution is 2.17. The molecule has 1 heterocycles. The van der Waals surface area contributed by atoms with Gasteiger partial charge in [-0.3, -0.25) is 4.79 Å². The van der Waals surface area contributed by atoms with E-state index in [4.69, 9.17) is 0 Å². The van der Waals surface area contributed by atoms with Gasteiger partial charge in [0.05, 0.1) is 0 Å². The highest BCUT2D eigenvalue weighted by molar-refractivity contribution is 5.86. The third-order valence-electron chi connectivity index (χ3n) is 3.92. The van der Waals surface area contributed by atoms with Crippen LogP contribution in [0.1, 0.15) is 37.7 Å². The molecule has 9 heteroatoms. The number of hydrogen-bond acceptors (Lipinski definition) is 5. The monoisotopic (exact) mass is 363 g/mol. The van der Waals surface area contributed by atoms with Gasteiger partial charge in [-0.25, -0.2) is 13.9 Å². The van der Waals surface area contributed by atoms with E-state index in [-0.39, 0.29) is 18.2 Å². The Morgan fingerprint density at radius 1 is 1.27 bits per heavy atom. The zero-order valence-corrected chi connectivity index (χ0v) is 14.9. The van der Waals surface area contributed by atoms with E-state index in [0.29, 0.717) is 17.8 Å². The molecule has 0 aliphatic heterocycles. The highest BCUT2D eigenvalue weighted by atomic mass is 19.1. The molecule has 0 fully saturated rings. The summed E-state index contributed by atoms with van der Waals surface area (Å²) < 4.78 is 14.5. The Morgan fingerprint density at radius 3 is 2.42 bits per heavy atom. The fourth-order valence-electron chi connectivity index (χ4n) is 2.62. The molecule has 8 nitrogen and oxygen atoms in total. The van der Waals surface area contributed by atoms with E-state index in [1.165, 1.54) is 16.8 Å². The van der Waals surface area contributed by atoms with Gasteiger partial charge in [-0.2, -0.15) is 0 Å². The number of aryl methyl sites for hydroxylation is 1. The molecule has 0 spiro atoms.